The van der Waals surface area contributed by atoms with Gasteiger partial charge in [0.15, 0.2) is 5.13 Å². The number of rotatable bonds is 4. The molecule has 0 fully saturated rings. The van der Waals surface area contributed by atoms with Crippen molar-refractivity contribution in [2.75, 3.05) is 26.4 Å². The number of thiazole rings is 1. The second-order valence-electron chi connectivity index (χ2n) is 2.46. The number of anilines is 1. The lowest BCUT2D eigenvalue weighted by atomic mass is 10.3. The number of hydrogen-bond acceptors (Lipinski definition) is 5. The van der Waals surface area contributed by atoms with Gasteiger partial charge in [-0.3, -0.25) is 0 Å². The predicted molar refractivity (Wildman–Crippen MR) is 49.9 cm³/mol. The molecule has 12 heavy (non-hydrogen) atoms. The van der Waals surface area contributed by atoms with E-state index in [1.54, 1.807) is 12.2 Å². The van der Waals surface area contributed by atoms with E-state index in [1.165, 1.54) is 11.3 Å². The minimum Gasteiger partial charge on any atom is -0.375 e. The molecule has 2 N–H and O–H groups in total. The Balaban J connectivity index is 2.33. The van der Waals surface area contributed by atoms with E-state index >= 15 is 0 Å². The molecule has 0 aliphatic carbocycles. The molecular formula is C7H13N3OS. The average molecular weight is 187 g/mol. The van der Waals surface area contributed by atoms with Gasteiger partial charge in [0.2, 0.25) is 0 Å². The van der Waals surface area contributed by atoms with Crippen molar-refractivity contribution >= 4 is 16.5 Å². The van der Waals surface area contributed by atoms with E-state index in [2.05, 4.69) is 4.98 Å². The standard InChI is InChI=1S/C7H13N3OS/c1-10(11-2)4-3-6-5-12-7(8)9-6/h5H,3-4H2,1-2H3,(H2,8,9). The predicted octanol–water partition coefficient (Wildman–Crippen LogP) is 0.761. The molecule has 0 spiro atoms. The number of likely N-dealkylation sites (N-methyl/N-ethyl adjacent to an activating group) is 1. The Morgan fingerprint density at radius 3 is 3.00 bits per heavy atom. The first kappa shape index (κ1) is 9.44. The SMILES string of the molecule is CON(C)CCc1csc(N)n1. The molecule has 1 aromatic rings. The molecule has 1 rings (SSSR count). The van der Waals surface area contributed by atoms with Gasteiger partial charge >= 0.3 is 0 Å². The molecule has 0 saturated carbocycles. The highest BCUT2D eigenvalue weighted by atomic mass is 32.1. The number of hydroxylamine groups is 2. The average Bonchev–Trinajstić information content (AvgIpc) is 2.47. The van der Waals surface area contributed by atoms with E-state index in [-0.39, 0.29) is 0 Å². The summed E-state index contributed by atoms with van der Waals surface area (Å²) in [6.45, 7) is 0.833. The first-order chi connectivity index (χ1) is 5.72. The molecule has 68 valence electrons. The quantitative estimate of drug-likeness (QED) is 0.707. The van der Waals surface area contributed by atoms with Crippen LogP contribution in [0.15, 0.2) is 5.38 Å². The van der Waals surface area contributed by atoms with E-state index in [4.69, 9.17) is 10.6 Å². The fourth-order valence-corrected chi connectivity index (χ4v) is 1.40. The molecule has 0 amide bonds. The lowest BCUT2D eigenvalue weighted by molar-refractivity contribution is -0.108. The van der Waals surface area contributed by atoms with Crippen molar-refractivity contribution in [2.24, 2.45) is 0 Å². The van der Waals surface area contributed by atoms with Crippen LogP contribution in [-0.4, -0.2) is 30.7 Å². The Morgan fingerprint density at radius 1 is 1.75 bits per heavy atom. The van der Waals surface area contributed by atoms with Gasteiger partial charge < -0.3 is 10.6 Å². The van der Waals surface area contributed by atoms with Crippen LogP contribution >= 0.6 is 11.3 Å². The third-order valence-electron chi connectivity index (χ3n) is 1.56. The van der Waals surface area contributed by atoms with Crippen LogP contribution < -0.4 is 5.73 Å². The van der Waals surface area contributed by atoms with Crippen molar-refractivity contribution in [1.82, 2.24) is 10.0 Å². The Kier molecular flexibility index (Phi) is 3.46. The van der Waals surface area contributed by atoms with Crippen molar-refractivity contribution < 1.29 is 4.84 Å². The molecule has 5 heteroatoms. The first-order valence-corrected chi connectivity index (χ1v) is 4.55. The zero-order chi connectivity index (χ0) is 8.97. The van der Waals surface area contributed by atoms with Crippen LogP contribution in [0, 0.1) is 0 Å². The van der Waals surface area contributed by atoms with Crippen LogP contribution in [0.1, 0.15) is 5.69 Å². The molecule has 0 bridgehead atoms. The smallest absolute Gasteiger partial charge is 0.180 e. The van der Waals surface area contributed by atoms with Gasteiger partial charge in [0.05, 0.1) is 12.8 Å². The van der Waals surface area contributed by atoms with E-state index in [9.17, 15) is 0 Å². The van der Waals surface area contributed by atoms with Crippen molar-refractivity contribution in [2.45, 2.75) is 6.42 Å². The summed E-state index contributed by atoms with van der Waals surface area (Å²) in [6, 6.07) is 0. The molecule has 1 heterocycles. The molecule has 4 nitrogen and oxygen atoms in total. The largest absolute Gasteiger partial charge is 0.375 e. The maximum atomic E-state index is 5.48. The van der Waals surface area contributed by atoms with Crippen LogP contribution in [0.2, 0.25) is 0 Å². The zero-order valence-corrected chi connectivity index (χ0v) is 8.10. The summed E-state index contributed by atoms with van der Waals surface area (Å²) < 4.78 is 0. The Morgan fingerprint density at radius 2 is 2.50 bits per heavy atom. The molecule has 0 unspecified atom stereocenters. The van der Waals surface area contributed by atoms with E-state index in [1.807, 2.05) is 12.4 Å². The summed E-state index contributed by atoms with van der Waals surface area (Å²) >= 11 is 1.47. The number of nitrogens with zero attached hydrogens (tertiary/aromatic N) is 2. The van der Waals surface area contributed by atoms with Crippen molar-refractivity contribution in [3.63, 3.8) is 0 Å². The summed E-state index contributed by atoms with van der Waals surface area (Å²) in [7, 11) is 3.53. The highest BCUT2D eigenvalue weighted by Gasteiger charge is 2.00. The highest BCUT2D eigenvalue weighted by molar-refractivity contribution is 7.13. The molecular weight excluding hydrogens is 174 g/mol. The van der Waals surface area contributed by atoms with Gasteiger partial charge in [0.1, 0.15) is 0 Å². The van der Waals surface area contributed by atoms with Crippen LogP contribution in [0.25, 0.3) is 0 Å². The molecule has 0 radical (unpaired) electrons. The molecule has 0 atom stereocenters. The van der Waals surface area contributed by atoms with Crippen molar-refractivity contribution in [3.8, 4) is 0 Å². The topological polar surface area (TPSA) is 51.4 Å². The van der Waals surface area contributed by atoms with Crippen molar-refractivity contribution in [1.29, 1.82) is 0 Å². The first-order valence-electron chi connectivity index (χ1n) is 3.67. The maximum absolute atomic E-state index is 5.48. The monoisotopic (exact) mass is 187 g/mol. The van der Waals surface area contributed by atoms with Crippen LogP contribution in [-0.2, 0) is 11.3 Å². The molecule has 0 saturated heterocycles. The highest BCUT2D eigenvalue weighted by Crippen LogP contribution is 2.11. The fraction of sp³-hybridized carbons (Fsp3) is 0.571. The fourth-order valence-electron chi connectivity index (χ4n) is 0.801. The summed E-state index contributed by atoms with van der Waals surface area (Å²) in [4.78, 5) is 9.09. The van der Waals surface area contributed by atoms with Gasteiger partial charge in [-0.05, 0) is 0 Å². The number of hydrogen-bond donors (Lipinski definition) is 1. The second-order valence-corrected chi connectivity index (χ2v) is 3.35. The Labute approximate surface area is 75.9 Å². The summed E-state index contributed by atoms with van der Waals surface area (Å²) in [6.07, 6.45) is 0.873. The Bertz CT molecular complexity index is 238. The third-order valence-corrected chi connectivity index (χ3v) is 2.29. The zero-order valence-electron chi connectivity index (χ0n) is 7.28. The van der Waals surface area contributed by atoms with Gasteiger partial charge in [0.25, 0.3) is 0 Å². The maximum Gasteiger partial charge on any atom is 0.180 e. The molecule has 1 aromatic heterocycles. The van der Waals surface area contributed by atoms with E-state index in [0.29, 0.717) is 5.13 Å². The summed E-state index contributed by atoms with van der Waals surface area (Å²) in [5.74, 6) is 0. The lowest BCUT2D eigenvalue weighted by Gasteiger charge is -2.11. The van der Waals surface area contributed by atoms with Crippen LogP contribution in [0.3, 0.4) is 0 Å². The normalized spacial score (nSPS) is 10.9. The molecule has 0 aliphatic rings. The summed E-state index contributed by atoms with van der Waals surface area (Å²) in [5.41, 5.74) is 6.51. The van der Waals surface area contributed by atoms with E-state index < -0.39 is 0 Å². The number of aromatic nitrogens is 1. The molecule has 0 aliphatic heterocycles. The number of nitrogen functional groups attached to an aromatic ring is 1. The number of nitrogens with two attached hydrogens (primary N) is 1. The third kappa shape index (κ3) is 2.77. The minimum absolute atomic E-state index is 0.630. The van der Waals surface area contributed by atoms with Crippen LogP contribution in [0.4, 0.5) is 5.13 Å². The van der Waals surface area contributed by atoms with Gasteiger partial charge in [-0.25, -0.2) is 4.98 Å². The Hall–Kier alpha value is -0.650. The van der Waals surface area contributed by atoms with Gasteiger partial charge in [-0.2, -0.15) is 5.06 Å². The van der Waals surface area contributed by atoms with Gasteiger partial charge in [-0.15, -0.1) is 11.3 Å². The molecule has 0 aromatic carbocycles. The van der Waals surface area contributed by atoms with E-state index in [0.717, 1.165) is 18.7 Å². The summed E-state index contributed by atoms with van der Waals surface area (Å²) in [5, 5.41) is 4.36. The lowest BCUT2D eigenvalue weighted by Crippen LogP contribution is -2.19. The van der Waals surface area contributed by atoms with Gasteiger partial charge in [0, 0.05) is 25.4 Å². The minimum atomic E-state index is 0.630. The van der Waals surface area contributed by atoms with Crippen LogP contribution in [0.5, 0.6) is 0 Å². The second kappa shape index (κ2) is 4.39. The van der Waals surface area contributed by atoms with Gasteiger partial charge in [-0.1, -0.05) is 0 Å². The van der Waals surface area contributed by atoms with Crippen molar-refractivity contribution in [3.05, 3.63) is 11.1 Å².